The van der Waals surface area contributed by atoms with Gasteiger partial charge in [-0.25, -0.2) is 4.98 Å². The Bertz CT molecular complexity index is 818. The molecular formula is C19H24F3IN4O3. The van der Waals surface area contributed by atoms with E-state index < -0.39 is 11.7 Å². The first kappa shape index (κ1) is 25.6. The van der Waals surface area contributed by atoms with Gasteiger partial charge in [0.1, 0.15) is 6.61 Å². The van der Waals surface area contributed by atoms with Gasteiger partial charge in [-0.05, 0) is 25.1 Å². The number of nitrogens with one attached hydrogen (secondary N) is 2. The van der Waals surface area contributed by atoms with Crippen LogP contribution in [0, 0.1) is 0 Å². The number of guanidine groups is 1. The summed E-state index contributed by atoms with van der Waals surface area (Å²) in [5, 5.41) is 6.14. The number of rotatable bonds is 8. The number of alkyl halides is 3. The molecule has 0 radical (unpaired) electrons. The van der Waals surface area contributed by atoms with Gasteiger partial charge in [-0.1, -0.05) is 0 Å². The lowest BCUT2D eigenvalue weighted by Gasteiger charge is -2.15. The fourth-order valence-electron chi connectivity index (χ4n) is 2.29. The highest BCUT2D eigenvalue weighted by Gasteiger charge is 2.30. The summed E-state index contributed by atoms with van der Waals surface area (Å²) < 4.78 is 53.7. The number of ether oxygens (including phenoxy) is 3. The Kier molecular flexibility index (Phi) is 10.5. The number of methoxy groups -OCH3 is 1. The van der Waals surface area contributed by atoms with Crippen LogP contribution >= 0.6 is 24.0 Å². The van der Waals surface area contributed by atoms with E-state index in [9.17, 15) is 13.2 Å². The Labute approximate surface area is 190 Å². The van der Waals surface area contributed by atoms with Crippen molar-refractivity contribution in [3.8, 4) is 17.4 Å². The maximum absolute atomic E-state index is 12.5. The fourth-order valence-corrected chi connectivity index (χ4v) is 2.29. The van der Waals surface area contributed by atoms with Gasteiger partial charge in [0, 0.05) is 31.1 Å². The Morgan fingerprint density at radius 3 is 2.47 bits per heavy atom. The lowest BCUT2D eigenvalue weighted by Crippen LogP contribution is -2.33. The number of hydrogen-bond acceptors (Lipinski definition) is 5. The van der Waals surface area contributed by atoms with E-state index in [-0.39, 0.29) is 36.5 Å². The number of anilines is 1. The van der Waals surface area contributed by atoms with Crippen LogP contribution in [-0.4, -0.2) is 44.9 Å². The van der Waals surface area contributed by atoms with Gasteiger partial charge in [-0.15, -0.1) is 24.0 Å². The van der Waals surface area contributed by atoms with Crippen molar-refractivity contribution in [2.45, 2.75) is 13.1 Å². The first-order valence-corrected chi connectivity index (χ1v) is 8.82. The van der Waals surface area contributed by atoms with E-state index in [0.29, 0.717) is 30.6 Å². The average Bonchev–Trinajstić information content (AvgIpc) is 2.71. The molecule has 11 heteroatoms. The number of halogens is 4. The SMILES string of the molecule is CCOc1ccc(NC(=NC)NCCOc2ccc(C(F)(F)F)cn2)cc1OC.I. The minimum absolute atomic E-state index is 0. The minimum Gasteiger partial charge on any atom is -0.493 e. The van der Waals surface area contributed by atoms with Crippen LogP contribution in [0.1, 0.15) is 12.5 Å². The molecule has 2 rings (SSSR count). The van der Waals surface area contributed by atoms with E-state index in [1.807, 2.05) is 13.0 Å². The summed E-state index contributed by atoms with van der Waals surface area (Å²) in [6.07, 6.45) is -3.68. The Hall–Kier alpha value is -2.44. The molecule has 1 aromatic carbocycles. The van der Waals surface area contributed by atoms with Crippen molar-refractivity contribution >= 4 is 35.6 Å². The largest absolute Gasteiger partial charge is 0.493 e. The molecule has 0 bridgehead atoms. The quantitative estimate of drug-likeness (QED) is 0.227. The van der Waals surface area contributed by atoms with Gasteiger partial charge in [0.25, 0.3) is 0 Å². The topological polar surface area (TPSA) is 77.0 Å². The molecule has 7 nitrogen and oxygen atoms in total. The van der Waals surface area contributed by atoms with Crippen LogP contribution in [0.5, 0.6) is 17.4 Å². The summed E-state index contributed by atoms with van der Waals surface area (Å²) in [6, 6.07) is 7.50. The Morgan fingerprint density at radius 1 is 1.13 bits per heavy atom. The minimum atomic E-state index is -4.42. The second-order valence-corrected chi connectivity index (χ2v) is 5.65. The van der Waals surface area contributed by atoms with Crippen LogP contribution in [0.15, 0.2) is 41.5 Å². The maximum atomic E-state index is 12.5. The van der Waals surface area contributed by atoms with Crippen molar-refractivity contribution in [1.82, 2.24) is 10.3 Å². The predicted octanol–water partition coefficient (Wildman–Crippen LogP) is 4.19. The highest BCUT2D eigenvalue weighted by atomic mass is 127. The van der Waals surface area contributed by atoms with Crippen molar-refractivity contribution in [2.75, 3.05) is 39.2 Å². The summed E-state index contributed by atoms with van der Waals surface area (Å²) in [7, 11) is 3.17. The Morgan fingerprint density at radius 2 is 1.90 bits per heavy atom. The third-order valence-electron chi connectivity index (χ3n) is 3.66. The standard InChI is InChI=1S/C19H23F3N4O3.HI/c1-4-28-15-7-6-14(11-16(15)27-3)26-18(23-2)24-9-10-29-17-8-5-13(12-25-17)19(20,21)22;/h5-8,11-12H,4,9-10H2,1-3H3,(H2,23,24,26);1H. The summed E-state index contributed by atoms with van der Waals surface area (Å²) in [5.41, 5.74) is -0.0814. The lowest BCUT2D eigenvalue weighted by atomic mass is 10.2. The number of nitrogens with zero attached hydrogens (tertiary/aromatic N) is 2. The number of benzene rings is 1. The van der Waals surface area contributed by atoms with Gasteiger partial charge in [0.05, 0.1) is 25.8 Å². The summed E-state index contributed by atoms with van der Waals surface area (Å²) in [4.78, 5) is 7.76. The lowest BCUT2D eigenvalue weighted by molar-refractivity contribution is -0.137. The molecule has 166 valence electrons. The van der Waals surface area contributed by atoms with E-state index in [0.717, 1.165) is 18.0 Å². The zero-order valence-electron chi connectivity index (χ0n) is 16.7. The summed E-state index contributed by atoms with van der Waals surface area (Å²) >= 11 is 0. The van der Waals surface area contributed by atoms with E-state index in [2.05, 4.69) is 20.6 Å². The van der Waals surface area contributed by atoms with Crippen LogP contribution in [0.4, 0.5) is 18.9 Å². The second kappa shape index (κ2) is 12.3. The first-order valence-electron chi connectivity index (χ1n) is 8.82. The van der Waals surface area contributed by atoms with Crippen molar-refractivity contribution in [1.29, 1.82) is 0 Å². The van der Waals surface area contributed by atoms with E-state index in [4.69, 9.17) is 14.2 Å². The Balaban J connectivity index is 0.00000450. The number of pyridine rings is 1. The van der Waals surface area contributed by atoms with Crippen molar-refractivity contribution in [2.24, 2.45) is 4.99 Å². The monoisotopic (exact) mass is 540 g/mol. The van der Waals surface area contributed by atoms with Crippen molar-refractivity contribution in [3.63, 3.8) is 0 Å². The van der Waals surface area contributed by atoms with Crippen LogP contribution in [0.2, 0.25) is 0 Å². The van der Waals surface area contributed by atoms with E-state index in [1.54, 1.807) is 26.3 Å². The zero-order chi connectivity index (χ0) is 21.3. The van der Waals surface area contributed by atoms with Gasteiger partial charge in [0.15, 0.2) is 17.5 Å². The van der Waals surface area contributed by atoms with E-state index in [1.165, 1.54) is 6.07 Å². The average molecular weight is 540 g/mol. The molecule has 0 aliphatic heterocycles. The molecule has 30 heavy (non-hydrogen) atoms. The van der Waals surface area contributed by atoms with Crippen LogP contribution < -0.4 is 24.8 Å². The normalized spacial score (nSPS) is 11.3. The molecular weight excluding hydrogens is 516 g/mol. The molecule has 0 aliphatic rings. The van der Waals surface area contributed by atoms with Gasteiger partial charge < -0.3 is 24.8 Å². The molecule has 2 aromatic rings. The van der Waals surface area contributed by atoms with Gasteiger partial charge in [-0.2, -0.15) is 13.2 Å². The van der Waals surface area contributed by atoms with Gasteiger partial charge in [-0.3, -0.25) is 4.99 Å². The van der Waals surface area contributed by atoms with Crippen LogP contribution in [0.3, 0.4) is 0 Å². The fraction of sp³-hybridized carbons (Fsp3) is 0.368. The molecule has 0 spiro atoms. The first-order chi connectivity index (χ1) is 13.9. The van der Waals surface area contributed by atoms with E-state index >= 15 is 0 Å². The molecule has 0 fully saturated rings. The number of aliphatic imine (C=N–C) groups is 1. The molecule has 1 heterocycles. The highest BCUT2D eigenvalue weighted by molar-refractivity contribution is 14.0. The van der Waals surface area contributed by atoms with Gasteiger partial charge >= 0.3 is 6.18 Å². The molecule has 2 N–H and O–H groups in total. The smallest absolute Gasteiger partial charge is 0.417 e. The number of hydrogen-bond donors (Lipinski definition) is 2. The molecule has 0 aliphatic carbocycles. The second-order valence-electron chi connectivity index (χ2n) is 5.65. The molecule has 0 saturated carbocycles. The van der Waals surface area contributed by atoms with Crippen LogP contribution in [-0.2, 0) is 6.18 Å². The molecule has 1 aromatic heterocycles. The predicted molar refractivity (Wildman–Crippen MR) is 119 cm³/mol. The van der Waals surface area contributed by atoms with Crippen LogP contribution in [0.25, 0.3) is 0 Å². The molecule has 0 amide bonds. The van der Waals surface area contributed by atoms with Crippen molar-refractivity contribution in [3.05, 3.63) is 42.1 Å². The zero-order valence-corrected chi connectivity index (χ0v) is 19.1. The highest BCUT2D eigenvalue weighted by Crippen LogP contribution is 2.30. The molecule has 0 atom stereocenters. The summed E-state index contributed by atoms with van der Waals surface area (Å²) in [6.45, 7) is 2.96. The third-order valence-corrected chi connectivity index (χ3v) is 3.66. The van der Waals surface area contributed by atoms with Crippen molar-refractivity contribution < 1.29 is 27.4 Å². The maximum Gasteiger partial charge on any atom is 0.417 e. The van der Waals surface area contributed by atoms with Gasteiger partial charge in [0.2, 0.25) is 5.88 Å². The molecule has 0 saturated heterocycles. The third kappa shape index (κ3) is 7.76. The summed E-state index contributed by atoms with van der Waals surface area (Å²) in [5.74, 6) is 1.82. The molecule has 0 unspecified atom stereocenters. The number of aromatic nitrogens is 1.